The van der Waals surface area contributed by atoms with Gasteiger partial charge in [0.25, 0.3) is 0 Å². The predicted octanol–water partition coefficient (Wildman–Crippen LogP) is 3.74. The van der Waals surface area contributed by atoms with Crippen molar-refractivity contribution in [1.82, 2.24) is 0 Å². The minimum absolute atomic E-state index is 0.0256. The van der Waals surface area contributed by atoms with Gasteiger partial charge in [0, 0.05) is 11.8 Å². The third kappa shape index (κ3) is 4.19. The molecule has 0 aliphatic rings. The highest BCUT2D eigenvalue weighted by molar-refractivity contribution is 5.87. The summed E-state index contributed by atoms with van der Waals surface area (Å²) >= 11 is 0. The number of carbonyl (C=O) groups excluding carboxylic acids is 1. The molecule has 1 aromatic carbocycles. The standard InChI is InChI=1S/C17H24O3/c1-11(2)16(18)13(4)15(17(19)20)10-12(3)14-8-6-5-7-9-14/h5-9,11-13,15H,10H2,1-4H3,(H,19,20). The van der Waals surface area contributed by atoms with Gasteiger partial charge in [-0.05, 0) is 17.9 Å². The van der Waals surface area contributed by atoms with Gasteiger partial charge in [0.15, 0.2) is 0 Å². The van der Waals surface area contributed by atoms with Crippen LogP contribution >= 0.6 is 0 Å². The van der Waals surface area contributed by atoms with Gasteiger partial charge in [-0.25, -0.2) is 0 Å². The lowest BCUT2D eigenvalue weighted by atomic mass is 9.79. The summed E-state index contributed by atoms with van der Waals surface area (Å²) in [5, 5.41) is 9.42. The van der Waals surface area contributed by atoms with Gasteiger partial charge in [0.2, 0.25) is 0 Å². The topological polar surface area (TPSA) is 54.4 Å². The first-order valence-corrected chi connectivity index (χ1v) is 7.16. The number of aliphatic carboxylic acids is 1. The fourth-order valence-corrected chi connectivity index (χ4v) is 2.54. The monoisotopic (exact) mass is 276 g/mol. The second-order valence-corrected chi connectivity index (χ2v) is 5.84. The predicted molar refractivity (Wildman–Crippen MR) is 79.6 cm³/mol. The molecule has 0 bridgehead atoms. The summed E-state index contributed by atoms with van der Waals surface area (Å²) in [6.45, 7) is 7.38. The lowest BCUT2D eigenvalue weighted by Gasteiger charge is -2.24. The number of carbonyl (C=O) groups is 2. The molecule has 0 aliphatic heterocycles. The fourth-order valence-electron chi connectivity index (χ4n) is 2.54. The number of Topliss-reactive ketones (excluding diaryl/α,β-unsaturated/α-hetero) is 1. The quantitative estimate of drug-likeness (QED) is 0.825. The van der Waals surface area contributed by atoms with E-state index < -0.39 is 17.8 Å². The van der Waals surface area contributed by atoms with Crippen molar-refractivity contribution in [2.24, 2.45) is 17.8 Å². The van der Waals surface area contributed by atoms with E-state index in [0.29, 0.717) is 6.42 Å². The van der Waals surface area contributed by atoms with Crippen molar-refractivity contribution >= 4 is 11.8 Å². The zero-order valence-electron chi connectivity index (χ0n) is 12.7. The van der Waals surface area contributed by atoms with E-state index >= 15 is 0 Å². The number of ketones is 1. The third-order valence-corrected chi connectivity index (χ3v) is 3.91. The Morgan fingerprint density at radius 1 is 1.05 bits per heavy atom. The molecule has 110 valence electrons. The third-order valence-electron chi connectivity index (χ3n) is 3.91. The summed E-state index contributed by atoms with van der Waals surface area (Å²) in [4.78, 5) is 23.5. The number of benzene rings is 1. The average Bonchev–Trinajstić information content (AvgIpc) is 2.43. The smallest absolute Gasteiger partial charge is 0.307 e. The first-order valence-electron chi connectivity index (χ1n) is 7.16. The summed E-state index contributed by atoms with van der Waals surface area (Å²) < 4.78 is 0. The molecule has 0 aromatic heterocycles. The van der Waals surface area contributed by atoms with E-state index in [0.717, 1.165) is 5.56 Å². The van der Waals surface area contributed by atoms with E-state index in [1.165, 1.54) is 0 Å². The molecule has 0 aliphatic carbocycles. The van der Waals surface area contributed by atoms with E-state index in [-0.39, 0.29) is 17.6 Å². The summed E-state index contributed by atoms with van der Waals surface area (Å²) in [6, 6.07) is 9.83. The number of hydrogen-bond acceptors (Lipinski definition) is 2. The second-order valence-electron chi connectivity index (χ2n) is 5.84. The van der Waals surface area contributed by atoms with Crippen molar-refractivity contribution in [2.75, 3.05) is 0 Å². The van der Waals surface area contributed by atoms with Crippen molar-refractivity contribution in [2.45, 2.75) is 40.0 Å². The van der Waals surface area contributed by atoms with E-state index in [4.69, 9.17) is 0 Å². The summed E-state index contributed by atoms with van der Waals surface area (Å²) in [5.74, 6) is -1.93. The van der Waals surface area contributed by atoms with Gasteiger partial charge >= 0.3 is 5.97 Å². The van der Waals surface area contributed by atoms with Crippen LogP contribution in [0.15, 0.2) is 30.3 Å². The molecule has 0 spiro atoms. The Kier molecular flexibility index (Phi) is 5.93. The maximum Gasteiger partial charge on any atom is 0.307 e. The molecule has 20 heavy (non-hydrogen) atoms. The largest absolute Gasteiger partial charge is 0.481 e. The molecule has 0 fully saturated rings. The Bertz CT molecular complexity index is 451. The molecule has 0 saturated heterocycles. The van der Waals surface area contributed by atoms with E-state index in [1.807, 2.05) is 51.1 Å². The van der Waals surface area contributed by atoms with E-state index in [1.54, 1.807) is 6.92 Å². The SMILES string of the molecule is CC(C)C(=O)C(C)C(CC(C)c1ccccc1)C(=O)O. The first-order chi connectivity index (χ1) is 9.34. The van der Waals surface area contributed by atoms with Crippen LogP contribution < -0.4 is 0 Å². The summed E-state index contributed by atoms with van der Waals surface area (Å²) in [5.41, 5.74) is 1.11. The molecule has 3 heteroatoms. The van der Waals surface area contributed by atoms with Crippen LogP contribution in [-0.4, -0.2) is 16.9 Å². The molecule has 3 nitrogen and oxygen atoms in total. The van der Waals surface area contributed by atoms with Crippen molar-refractivity contribution < 1.29 is 14.7 Å². The van der Waals surface area contributed by atoms with Crippen LogP contribution in [0.25, 0.3) is 0 Å². The Labute approximate surface area is 121 Å². The Balaban J connectivity index is 2.83. The van der Waals surface area contributed by atoms with Crippen LogP contribution in [0.3, 0.4) is 0 Å². The van der Waals surface area contributed by atoms with Crippen LogP contribution in [0.5, 0.6) is 0 Å². The fraction of sp³-hybridized carbons (Fsp3) is 0.529. The molecular weight excluding hydrogens is 252 g/mol. The van der Waals surface area contributed by atoms with Gasteiger partial charge < -0.3 is 5.11 Å². The molecule has 3 atom stereocenters. The maximum absolute atomic E-state index is 12.0. The highest BCUT2D eigenvalue weighted by atomic mass is 16.4. The average molecular weight is 276 g/mol. The van der Waals surface area contributed by atoms with Crippen molar-refractivity contribution in [3.05, 3.63) is 35.9 Å². The lowest BCUT2D eigenvalue weighted by molar-refractivity contribution is -0.147. The van der Waals surface area contributed by atoms with Gasteiger partial charge in [0.05, 0.1) is 5.92 Å². The number of hydrogen-bond donors (Lipinski definition) is 1. The molecule has 1 N–H and O–H groups in total. The van der Waals surface area contributed by atoms with Crippen molar-refractivity contribution in [1.29, 1.82) is 0 Å². The van der Waals surface area contributed by atoms with Gasteiger partial charge in [-0.1, -0.05) is 58.0 Å². The van der Waals surface area contributed by atoms with E-state index in [9.17, 15) is 14.7 Å². The molecule has 0 heterocycles. The normalized spacial score (nSPS) is 15.7. The highest BCUT2D eigenvalue weighted by Gasteiger charge is 2.32. The molecule has 3 unspecified atom stereocenters. The zero-order chi connectivity index (χ0) is 15.3. The van der Waals surface area contributed by atoms with Crippen LogP contribution in [0, 0.1) is 17.8 Å². The minimum atomic E-state index is -0.880. The molecule has 0 radical (unpaired) electrons. The van der Waals surface area contributed by atoms with Crippen LogP contribution in [0.2, 0.25) is 0 Å². The number of carboxylic acids is 1. The van der Waals surface area contributed by atoms with Gasteiger partial charge in [-0.2, -0.15) is 0 Å². The molecule has 1 aromatic rings. The summed E-state index contributed by atoms with van der Waals surface area (Å²) in [6.07, 6.45) is 0.485. The highest BCUT2D eigenvalue weighted by Crippen LogP contribution is 2.29. The molecule has 1 rings (SSSR count). The van der Waals surface area contributed by atoms with Gasteiger partial charge in [-0.3, -0.25) is 9.59 Å². The van der Waals surface area contributed by atoms with Gasteiger partial charge in [0.1, 0.15) is 5.78 Å². The van der Waals surface area contributed by atoms with Crippen molar-refractivity contribution in [3.63, 3.8) is 0 Å². The molecular formula is C17H24O3. The van der Waals surface area contributed by atoms with Gasteiger partial charge in [-0.15, -0.1) is 0 Å². The molecule has 0 saturated carbocycles. The van der Waals surface area contributed by atoms with Crippen LogP contribution in [0.4, 0.5) is 0 Å². The Morgan fingerprint density at radius 2 is 1.60 bits per heavy atom. The van der Waals surface area contributed by atoms with Crippen LogP contribution in [0.1, 0.15) is 45.6 Å². The number of rotatable bonds is 7. The Morgan fingerprint density at radius 3 is 2.05 bits per heavy atom. The van der Waals surface area contributed by atoms with Crippen molar-refractivity contribution in [3.8, 4) is 0 Å². The Hall–Kier alpha value is -1.64. The zero-order valence-corrected chi connectivity index (χ0v) is 12.7. The summed E-state index contributed by atoms with van der Waals surface area (Å²) in [7, 11) is 0. The molecule has 0 amide bonds. The maximum atomic E-state index is 12.0. The number of carboxylic acid groups (broad SMARTS) is 1. The first kappa shape index (κ1) is 16.4. The second kappa shape index (κ2) is 7.22. The van der Waals surface area contributed by atoms with E-state index in [2.05, 4.69) is 0 Å². The lowest BCUT2D eigenvalue weighted by Crippen LogP contribution is -2.31. The minimum Gasteiger partial charge on any atom is -0.481 e. The van der Waals surface area contributed by atoms with Crippen LogP contribution in [-0.2, 0) is 9.59 Å².